The second kappa shape index (κ2) is 6.73. The van der Waals surface area contributed by atoms with Crippen LogP contribution in [0.5, 0.6) is 0 Å². The molecule has 0 aliphatic carbocycles. The molecule has 0 bridgehead atoms. The molecule has 0 amide bonds. The van der Waals surface area contributed by atoms with Crippen molar-refractivity contribution in [3.8, 4) is 0 Å². The maximum atomic E-state index is 10.8. The van der Waals surface area contributed by atoms with Crippen LogP contribution in [0.1, 0.15) is 5.76 Å². The first kappa shape index (κ1) is 14.8. The van der Waals surface area contributed by atoms with Crippen LogP contribution in [-0.2, 0) is 16.1 Å². The average molecular weight is 308 g/mol. The second-order valence-electron chi connectivity index (χ2n) is 3.93. The van der Waals surface area contributed by atoms with E-state index in [4.69, 9.17) is 14.1 Å². The number of anilines is 2. The number of benzene rings is 1. The Hall–Kier alpha value is -2.58. The zero-order valence-corrected chi connectivity index (χ0v) is 11.5. The SMILES string of the molecule is O=C(O)C=C(Nc1ccc(NS(=O)O)cc1)c1ccco1. The van der Waals surface area contributed by atoms with Crippen molar-refractivity contribution in [2.75, 3.05) is 10.0 Å². The smallest absolute Gasteiger partial charge is 0.330 e. The van der Waals surface area contributed by atoms with Gasteiger partial charge >= 0.3 is 5.97 Å². The summed E-state index contributed by atoms with van der Waals surface area (Å²) in [4.78, 5) is 10.8. The van der Waals surface area contributed by atoms with Crippen LogP contribution in [0.25, 0.3) is 5.70 Å². The van der Waals surface area contributed by atoms with Gasteiger partial charge in [-0.05, 0) is 36.4 Å². The number of rotatable bonds is 6. The van der Waals surface area contributed by atoms with E-state index in [0.29, 0.717) is 22.8 Å². The minimum Gasteiger partial charge on any atom is -0.478 e. The van der Waals surface area contributed by atoms with E-state index in [9.17, 15) is 9.00 Å². The van der Waals surface area contributed by atoms with Gasteiger partial charge in [0.05, 0.1) is 18.0 Å². The lowest BCUT2D eigenvalue weighted by atomic mass is 10.2. The Bertz CT molecular complexity index is 664. The summed E-state index contributed by atoms with van der Waals surface area (Å²) in [6.45, 7) is 0. The quantitative estimate of drug-likeness (QED) is 0.481. The highest BCUT2D eigenvalue weighted by atomic mass is 32.2. The van der Waals surface area contributed by atoms with Crippen LogP contribution < -0.4 is 10.0 Å². The maximum Gasteiger partial charge on any atom is 0.330 e. The molecule has 1 heterocycles. The van der Waals surface area contributed by atoms with Gasteiger partial charge in [0.2, 0.25) is 0 Å². The number of nitrogens with one attached hydrogen (secondary N) is 2. The van der Waals surface area contributed by atoms with E-state index in [-0.39, 0.29) is 0 Å². The van der Waals surface area contributed by atoms with Gasteiger partial charge < -0.3 is 14.8 Å². The summed E-state index contributed by atoms with van der Waals surface area (Å²) in [5.41, 5.74) is 1.36. The van der Waals surface area contributed by atoms with Gasteiger partial charge in [0.15, 0.2) is 0 Å². The molecular formula is C13H12N2O5S. The van der Waals surface area contributed by atoms with Crippen molar-refractivity contribution >= 4 is 34.3 Å². The van der Waals surface area contributed by atoms with E-state index in [1.54, 1.807) is 36.4 Å². The average Bonchev–Trinajstić information content (AvgIpc) is 2.93. The van der Waals surface area contributed by atoms with E-state index in [1.165, 1.54) is 6.26 Å². The first-order valence-corrected chi connectivity index (χ1v) is 6.88. The molecule has 0 fully saturated rings. The van der Waals surface area contributed by atoms with Crippen LogP contribution in [0.4, 0.5) is 11.4 Å². The van der Waals surface area contributed by atoms with E-state index >= 15 is 0 Å². The first-order chi connectivity index (χ1) is 10.0. The molecule has 0 saturated heterocycles. The molecular weight excluding hydrogens is 296 g/mol. The zero-order valence-electron chi connectivity index (χ0n) is 10.6. The summed E-state index contributed by atoms with van der Waals surface area (Å²) in [5.74, 6) is -0.723. The fraction of sp³-hybridized carbons (Fsp3) is 0. The molecule has 0 aliphatic heterocycles. The summed E-state index contributed by atoms with van der Waals surface area (Å²) in [6.07, 6.45) is 2.43. The Morgan fingerprint density at radius 2 is 1.86 bits per heavy atom. The molecule has 2 aromatic rings. The van der Waals surface area contributed by atoms with Crippen molar-refractivity contribution in [3.63, 3.8) is 0 Å². The van der Waals surface area contributed by atoms with Gasteiger partial charge in [-0.2, -0.15) is 0 Å². The van der Waals surface area contributed by atoms with Crippen molar-refractivity contribution in [2.24, 2.45) is 0 Å². The molecule has 1 unspecified atom stereocenters. The highest BCUT2D eigenvalue weighted by Crippen LogP contribution is 2.20. The fourth-order valence-electron chi connectivity index (χ4n) is 1.60. The van der Waals surface area contributed by atoms with Crippen LogP contribution in [0, 0.1) is 0 Å². The molecule has 1 aromatic heterocycles. The topological polar surface area (TPSA) is 112 Å². The Balaban J connectivity index is 2.17. The maximum absolute atomic E-state index is 10.8. The monoisotopic (exact) mass is 308 g/mol. The second-order valence-corrected chi connectivity index (χ2v) is 4.63. The normalized spacial score (nSPS) is 12.7. The molecule has 0 spiro atoms. The molecule has 7 nitrogen and oxygen atoms in total. The van der Waals surface area contributed by atoms with E-state index in [2.05, 4.69) is 10.0 Å². The largest absolute Gasteiger partial charge is 0.478 e. The van der Waals surface area contributed by atoms with Gasteiger partial charge in [-0.3, -0.25) is 9.27 Å². The van der Waals surface area contributed by atoms with Gasteiger partial charge in [-0.15, -0.1) is 0 Å². The summed E-state index contributed by atoms with van der Waals surface area (Å²) < 4.78 is 26.8. The number of carbonyl (C=O) groups is 1. The zero-order chi connectivity index (χ0) is 15.2. The van der Waals surface area contributed by atoms with Crippen LogP contribution in [0.15, 0.2) is 53.2 Å². The van der Waals surface area contributed by atoms with Crippen LogP contribution >= 0.6 is 0 Å². The van der Waals surface area contributed by atoms with Gasteiger partial charge in [-0.25, -0.2) is 9.00 Å². The van der Waals surface area contributed by atoms with E-state index in [0.717, 1.165) is 6.08 Å². The van der Waals surface area contributed by atoms with Gasteiger partial charge in [0.25, 0.3) is 11.3 Å². The van der Waals surface area contributed by atoms with Crippen LogP contribution in [-0.4, -0.2) is 19.8 Å². The molecule has 0 radical (unpaired) electrons. The number of hydrogen-bond acceptors (Lipinski definition) is 4. The van der Waals surface area contributed by atoms with Gasteiger partial charge in [-0.1, -0.05) is 0 Å². The summed E-state index contributed by atoms with van der Waals surface area (Å²) in [5, 5.41) is 11.8. The van der Waals surface area contributed by atoms with Crippen LogP contribution in [0.2, 0.25) is 0 Å². The highest BCUT2D eigenvalue weighted by molar-refractivity contribution is 7.80. The number of carboxylic acid groups (broad SMARTS) is 1. The molecule has 21 heavy (non-hydrogen) atoms. The highest BCUT2D eigenvalue weighted by Gasteiger charge is 2.07. The molecule has 0 saturated carbocycles. The number of furan rings is 1. The Kier molecular flexibility index (Phi) is 4.75. The predicted molar refractivity (Wildman–Crippen MR) is 78.8 cm³/mol. The minimum atomic E-state index is -2.14. The molecule has 1 atom stereocenters. The third-order valence-corrected chi connectivity index (χ3v) is 2.83. The van der Waals surface area contributed by atoms with E-state index in [1.807, 2.05) is 0 Å². The third-order valence-electron chi connectivity index (χ3n) is 2.42. The number of hydrogen-bond donors (Lipinski definition) is 4. The minimum absolute atomic E-state index is 0.291. The molecule has 1 aromatic carbocycles. The molecule has 2 rings (SSSR count). The molecule has 110 valence electrons. The Morgan fingerprint density at radius 3 is 2.38 bits per heavy atom. The van der Waals surface area contributed by atoms with Crippen molar-refractivity contribution in [2.45, 2.75) is 0 Å². The van der Waals surface area contributed by atoms with E-state index < -0.39 is 17.2 Å². The fourth-order valence-corrected chi connectivity index (χ4v) is 1.94. The summed E-state index contributed by atoms with van der Waals surface area (Å²) in [6, 6.07) is 9.71. The number of carboxylic acids is 1. The lowest BCUT2D eigenvalue weighted by Gasteiger charge is -2.09. The standard InChI is InChI=1S/C13H12N2O5S/c16-13(17)8-11(12-2-1-7-20-12)14-9-3-5-10(6-4-9)15-21(18)19/h1-8,14-15H,(H,16,17)(H,18,19). The molecule has 4 N–H and O–H groups in total. The first-order valence-electron chi connectivity index (χ1n) is 5.77. The van der Waals surface area contributed by atoms with Crippen LogP contribution in [0.3, 0.4) is 0 Å². The molecule has 0 aliphatic rings. The number of aliphatic carboxylic acids is 1. The van der Waals surface area contributed by atoms with Crippen molar-refractivity contribution in [1.29, 1.82) is 0 Å². The van der Waals surface area contributed by atoms with Gasteiger partial charge in [0.1, 0.15) is 5.76 Å². The van der Waals surface area contributed by atoms with Crippen molar-refractivity contribution in [1.82, 2.24) is 0 Å². The summed E-state index contributed by atoms with van der Waals surface area (Å²) in [7, 11) is 0. The van der Waals surface area contributed by atoms with Crippen molar-refractivity contribution in [3.05, 3.63) is 54.5 Å². The summed E-state index contributed by atoms with van der Waals surface area (Å²) >= 11 is -2.14. The van der Waals surface area contributed by atoms with Crippen molar-refractivity contribution < 1.29 is 23.1 Å². The van der Waals surface area contributed by atoms with Gasteiger partial charge in [0, 0.05) is 11.4 Å². The Morgan fingerprint density at radius 1 is 1.19 bits per heavy atom. The lowest BCUT2D eigenvalue weighted by molar-refractivity contribution is -0.131. The Labute approximate surface area is 122 Å². The molecule has 8 heteroatoms. The third kappa shape index (κ3) is 4.48. The predicted octanol–water partition coefficient (Wildman–Crippen LogP) is 2.37. The lowest BCUT2D eigenvalue weighted by Crippen LogP contribution is -2.03.